The minimum atomic E-state index is -0.521. The third-order valence-electron chi connectivity index (χ3n) is 4.98. The lowest BCUT2D eigenvalue weighted by Gasteiger charge is -2.12. The number of methoxy groups -OCH3 is 1. The molecule has 0 atom stereocenters. The monoisotopic (exact) mass is 423 g/mol. The number of carbonyl (C=O) groups excluding carboxylic acids is 1. The number of fused-ring (bicyclic) bond motifs is 1. The molecule has 1 amide bonds. The van der Waals surface area contributed by atoms with Gasteiger partial charge in [0.15, 0.2) is 5.82 Å². The number of nitrogens with one attached hydrogen (secondary N) is 1. The number of benzene rings is 2. The van der Waals surface area contributed by atoms with Crippen LogP contribution in [-0.2, 0) is 4.79 Å². The molecule has 4 aromatic rings. The number of nitrogens with zero attached hydrogens (tertiary/aromatic N) is 4. The quantitative estimate of drug-likeness (QED) is 0.374. The van der Waals surface area contributed by atoms with Gasteiger partial charge in [-0.25, -0.2) is 4.98 Å². The second-order valence-electron chi connectivity index (χ2n) is 7.27. The van der Waals surface area contributed by atoms with Crippen LogP contribution in [0.4, 0.5) is 5.82 Å². The summed E-state index contributed by atoms with van der Waals surface area (Å²) < 4.78 is 7.03. The van der Waals surface area contributed by atoms with Gasteiger partial charge in [0, 0.05) is 11.5 Å². The van der Waals surface area contributed by atoms with E-state index in [-0.39, 0.29) is 5.57 Å². The van der Waals surface area contributed by atoms with Gasteiger partial charge in [-0.15, -0.1) is 0 Å². The highest BCUT2D eigenvalue weighted by atomic mass is 16.5. The van der Waals surface area contributed by atoms with Gasteiger partial charge in [0.2, 0.25) is 0 Å². The van der Waals surface area contributed by atoms with Crippen molar-refractivity contribution in [1.29, 1.82) is 5.26 Å². The van der Waals surface area contributed by atoms with Gasteiger partial charge in [0.1, 0.15) is 28.7 Å². The lowest BCUT2D eigenvalue weighted by molar-refractivity contribution is -0.112. The number of pyridine rings is 1. The summed E-state index contributed by atoms with van der Waals surface area (Å²) in [6, 6.07) is 20.6. The van der Waals surface area contributed by atoms with E-state index in [1.165, 1.54) is 0 Å². The van der Waals surface area contributed by atoms with Crippen LogP contribution >= 0.6 is 0 Å². The number of ether oxygens (including phenoxy) is 1. The fraction of sp³-hybridized carbons (Fsp3) is 0.120. The van der Waals surface area contributed by atoms with E-state index in [0.717, 1.165) is 16.5 Å². The normalized spacial score (nSPS) is 11.2. The molecule has 0 saturated carbocycles. The summed E-state index contributed by atoms with van der Waals surface area (Å²) in [6.45, 7) is 3.81. The SMILES string of the molecule is COc1cccc2c(C)cc(-n3nc(C)cc3NC(=O)/C(C#N)=C/c3ccccc3)nc12. The first-order valence-electron chi connectivity index (χ1n) is 9.99. The number of hydrogen-bond acceptors (Lipinski definition) is 5. The molecule has 0 aliphatic carbocycles. The maximum atomic E-state index is 12.8. The Labute approximate surface area is 185 Å². The van der Waals surface area contributed by atoms with Crippen molar-refractivity contribution in [3.05, 3.63) is 83.1 Å². The summed E-state index contributed by atoms with van der Waals surface area (Å²) in [5.74, 6) is 1.09. The predicted octanol–water partition coefficient (Wildman–Crippen LogP) is 4.59. The number of anilines is 1. The summed E-state index contributed by atoms with van der Waals surface area (Å²) in [5, 5.41) is 17.8. The minimum Gasteiger partial charge on any atom is -0.494 e. The molecule has 0 unspecified atom stereocenters. The van der Waals surface area contributed by atoms with Crippen molar-refractivity contribution in [3.63, 3.8) is 0 Å². The van der Waals surface area contributed by atoms with E-state index < -0.39 is 5.91 Å². The Bertz CT molecular complexity index is 1380. The van der Waals surface area contributed by atoms with Gasteiger partial charge < -0.3 is 10.1 Å². The number of amides is 1. The molecule has 0 spiro atoms. The topological polar surface area (TPSA) is 92.8 Å². The molecule has 2 heterocycles. The number of nitriles is 1. The van der Waals surface area contributed by atoms with Crippen molar-refractivity contribution in [3.8, 4) is 17.6 Å². The number of aromatic nitrogens is 3. The van der Waals surface area contributed by atoms with Crippen molar-refractivity contribution in [2.45, 2.75) is 13.8 Å². The molecular weight excluding hydrogens is 402 g/mol. The molecule has 4 rings (SSSR count). The first kappa shape index (κ1) is 20.8. The highest BCUT2D eigenvalue weighted by Gasteiger charge is 2.17. The van der Waals surface area contributed by atoms with E-state index in [9.17, 15) is 10.1 Å². The first-order valence-corrected chi connectivity index (χ1v) is 9.99. The van der Waals surface area contributed by atoms with Gasteiger partial charge >= 0.3 is 0 Å². The van der Waals surface area contributed by atoms with Crippen LogP contribution in [-0.4, -0.2) is 27.8 Å². The molecule has 2 aromatic carbocycles. The van der Waals surface area contributed by atoms with E-state index in [4.69, 9.17) is 9.72 Å². The summed E-state index contributed by atoms with van der Waals surface area (Å²) in [7, 11) is 1.60. The Balaban J connectivity index is 1.73. The van der Waals surface area contributed by atoms with Crippen LogP contribution in [0.2, 0.25) is 0 Å². The number of carbonyl (C=O) groups is 1. The maximum Gasteiger partial charge on any atom is 0.267 e. The fourth-order valence-electron chi connectivity index (χ4n) is 3.46. The molecule has 0 aliphatic rings. The number of aryl methyl sites for hydroxylation is 2. The molecule has 7 heteroatoms. The van der Waals surface area contributed by atoms with Gasteiger partial charge in [-0.1, -0.05) is 42.5 Å². The smallest absolute Gasteiger partial charge is 0.267 e. The molecule has 158 valence electrons. The van der Waals surface area contributed by atoms with E-state index in [1.807, 2.05) is 74.5 Å². The molecular formula is C25H21N5O2. The van der Waals surface area contributed by atoms with Gasteiger partial charge in [-0.3, -0.25) is 4.79 Å². The summed E-state index contributed by atoms with van der Waals surface area (Å²) in [5.41, 5.74) is 3.16. The van der Waals surface area contributed by atoms with Crippen LogP contribution in [0.15, 0.2) is 66.2 Å². The van der Waals surface area contributed by atoms with Crippen LogP contribution in [0.25, 0.3) is 22.8 Å². The highest BCUT2D eigenvalue weighted by molar-refractivity contribution is 6.09. The second kappa shape index (κ2) is 8.74. The third-order valence-corrected chi connectivity index (χ3v) is 4.98. The minimum absolute atomic E-state index is 0.00840. The van der Waals surface area contributed by atoms with Crippen LogP contribution < -0.4 is 10.1 Å². The molecule has 0 radical (unpaired) electrons. The first-order chi connectivity index (χ1) is 15.5. The zero-order valence-corrected chi connectivity index (χ0v) is 18.0. The molecule has 0 fully saturated rings. The van der Waals surface area contributed by atoms with E-state index in [2.05, 4.69) is 10.4 Å². The zero-order valence-electron chi connectivity index (χ0n) is 18.0. The van der Waals surface area contributed by atoms with E-state index >= 15 is 0 Å². The Hall–Kier alpha value is -4.44. The largest absolute Gasteiger partial charge is 0.494 e. The van der Waals surface area contributed by atoms with Crippen LogP contribution in [0.3, 0.4) is 0 Å². The predicted molar refractivity (Wildman–Crippen MR) is 124 cm³/mol. The Kier molecular flexibility index (Phi) is 5.69. The summed E-state index contributed by atoms with van der Waals surface area (Å²) in [4.78, 5) is 17.6. The molecule has 0 bridgehead atoms. The number of rotatable bonds is 5. The average molecular weight is 423 g/mol. The summed E-state index contributed by atoms with van der Waals surface area (Å²) >= 11 is 0. The van der Waals surface area contributed by atoms with Crippen LogP contribution in [0.5, 0.6) is 5.75 Å². The zero-order chi connectivity index (χ0) is 22.7. The van der Waals surface area contributed by atoms with Crippen LogP contribution in [0, 0.1) is 25.2 Å². The second-order valence-corrected chi connectivity index (χ2v) is 7.27. The lowest BCUT2D eigenvalue weighted by Crippen LogP contribution is -2.17. The molecule has 32 heavy (non-hydrogen) atoms. The van der Waals surface area contributed by atoms with Crippen molar-refractivity contribution >= 4 is 28.7 Å². The van der Waals surface area contributed by atoms with Crippen molar-refractivity contribution in [2.24, 2.45) is 0 Å². The molecule has 1 N–H and O–H groups in total. The Morgan fingerprint density at radius 2 is 1.91 bits per heavy atom. The highest BCUT2D eigenvalue weighted by Crippen LogP contribution is 2.28. The molecule has 0 aliphatic heterocycles. The Morgan fingerprint density at radius 1 is 1.12 bits per heavy atom. The molecule has 2 aromatic heterocycles. The summed E-state index contributed by atoms with van der Waals surface area (Å²) in [6.07, 6.45) is 1.55. The van der Waals surface area contributed by atoms with E-state index in [0.29, 0.717) is 28.6 Å². The van der Waals surface area contributed by atoms with Crippen LogP contribution in [0.1, 0.15) is 16.8 Å². The fourth-order valence-corrected chi connectivity index (χ4v) is 3.46. The van der Waals surface area contributed by atoms with E-state index in [1.54, 1.807) is 23.9 Å². The van der Waals surface area contributed by atoms with Gasteiger partial charge in [-0.05, 0) is 43.2 Å². The van der Waals surface area contributed by atoms with Crippen molar-refractivity contribution in [2.75, 3.05) is 12.4 Å². The number of hydrogen-bond donors (Lipinski definition) is 1. The standard InChI is InChI=1S/C25H21N5O2/c1-16-12-22(27-24-20(16)10-7-11-21(24)32-3)30-23(13-17(2)29-30)28-25(31)19(15-26)14-18-8-5-4-6-9-18/h4-14H,1-3H3,(H,28,31)/b19-14+. The van der Waals surface area contributed by atoms with Crippen molar-refractivity contribution in [1.82, 2.24) is 14.8 Å². The van der Waals surface area contributed by atoms with Gasteiger partial charge in [0.05, 0.1) is 12.8 Å². The third kappa shape index (κ3) is 4.07. The lowest BCUT2D eigenvalue weighted by atomic mass is 10.1. The number of para-hydroxylation sites is 1. The van der Waals surface area contributed by atoms with Crippen molar-refractivity contribution < 1.29 is 9.53 Å². The molecule has 0 saturated heterocycles. The average Bonchev–Trinajstić information content (AvgIpc) is 3.17. The Morgan fingerprint density at radius 3 is 2.62 bits per heavy atom. The molecule has 7 nitrogen and oxygen atoms in total. The van der Waals surface area contributed by atoms with Gasteiger partial charge in [-0.2, -0.15) is 15.0 Å². The maximum absolute atomic E-state index is 12.8. The van der Waals surface area contributed by atoms with Gasteiger partial charge in [0.25, 0.3) is 5.91 Å².